The molecule has 0 saturated carbocycles. The van der Waals surface area contributed by atoms with Gasteiger partial charge in [-0.1, -0.05) is 18.2 Å². The number of benzene rings is 1. The van der Waals surface area contributed by atoms with Crippen LogP contribution in [0.2, 0.25) is 0 Å². The molecule has 2 aromatic rings. The van der Waals surface area contributed by atoms with Crippen molar-refractivity contribution in [2.24, 2.45) is 0 Å². The molecule has 1 aromatic heterocycles. The van der Waals surface area contributed by atoms with Gasteiger partial charge in [-0.3, -0.25) is 0 Å². The molecule has 19 heavy (non-hydrogen) atoms. The minimum atomic E-state index is -0.939. The summed E-state index contributed by atoms with van der Waals surface area (Å²) in [6, 6.07) is 5.87. The highest BCUT2D eigenvalue weighted by atomic mass is 16.5. The summed E-state index contributed by atoms with van der Waals surface area (Å²) in [6.07, 6.45) is 4.04. The molecule has 0 bridgehead atoms. The van der Waals surface area contributed by atoms with Crippen molar-refractivity contribution in [3.8, 4) is 16.9 Å². The van der Waals surface area contributed by atoms with Gasteiger partial charge >= 0.3 is 5.97 Å². The van der Waals surface area contributed by atoms with Crippen LogP contribution in [0.3, 0.4) is 0 Å². The first kappa shape index (κ1) is 11.8. The maximum Gasteiger partial charge on any atom is 0.337 e. The molecule has 3 rings (SSSR count). The van der Waals surface area contributed by atoms with Gasteiger partial charge in [0.25, 0.3) is 0 Å². The van der Waals surface area contributed by atoms with Crippen molar-refractivity contribution in [3.05, 3.63) is 41.7 Å². The van der Waals surface area contributed by atoms with Crippen molar-refractivity contribution in [2.75, 3.05) is 0 Å². The molecule has 4 nitrogen and oxygen atoms in total. The number of carboxylic acid groups (broad SMARTS) is 1. The quantitative estimate of drug-likeness (QED) is 0.869. The van der Waals surface area contributed by atoms with E-state index in [-0.39, 0.29) is 11.2 Å². The minimum absolute atomic E-state index is 0.238. The highest BCUT2D eigenvalue weighted by Gasteiger charge is 2.32. The molecule has 1 aliphatic rings. The van der Waals surface area contributed by atoms with E-state index in [1.54, 1.807) is 6.20 Å². The fraction of sp³-hybridized carbons (Fsp3) is 0.267. The molecule has 98 valence electrons. The van der Waals surface area contributed by atoms with Gasteiger partial charge in [-0.2, -0.15) is 0 Å². The lowest BCUT2D eigenvalue weighted by molar-refractivity contribution is 0.0698. The third-order valence-electron chi connectivity index (χ3n) is 3.36. The third kappa shape index (κ3) is 1.89. The van der Waals surface area contributed by atoms with Gasteiger partial charge in [0.15, 0.2) is 0 Å². The van der Waals surface area contributed by atoms with Crippen LogP contribution in [-0.4, -0.2) is 21.7 Å². The summed E-state index contributed by atoms with van der Waals surface area (Å²) in [5.74, 6) is -0.138. The predicted octanol–water partition coefficient (Wildman–Crippen LogP) is 3.09. The van der Waals surface area contributed by atoms with Crippen LogP contribution in [0.15, 0.2) is 30.6 Å². The summed E-state index contributed by atoms with van der Waals surface area (Å²) in [5, 5.41) is 9.21. The number of carboxylic acids is 1. The molecule has 1 aromatic carbocycles. The van der Waals surface area contributed by atoms with Crippen molar-refractivity contribution >= 4 is 5.97 Å². The van der Waals surface area contributed by atoms with Gasteiger partial charge in [0.05, 0.1) is 5.56 Å². The largest absolute Gasteiger partial charge is 0.487 e. The van der Waals surface area contributed by atoms with E-state index in [2.05, 4.69) is 4.98 Å². The van der Waals surface area contributed by atoms with E-state index < -0.39 is 5.97 Å². The summed E-state index contributed by atoms with van der Waals surface area (Å²) in [7, 11) is 0. The lowest BCUT2D eigenvalue weighted by Crippen LogP contribution is -2.24. The van der Waals surface area contributed by atoms with Crippen molar-refractivity contribution < 1.29 is 14.6 Å². The third-order valence-corrected chi connectivity index (χ3v) is 3.36. The Morgan fingerprint density at radius 3 is 2.84 bits per heavy atom. The Hall–Kier alpha value is -2.23. The number of para-hydroxylation sites is 1. The van der Waals surface area contributed by atoms with E-state index in [0.717, 1.165) is 23.3 Å². The average Bonchev–Trinajstić information content (AvgIpc) is 2.89. The fourth-order valence-electron chi connectivity index (χ4n) is 2.59. The van der Waals surface area contributed by atoms with Crippen LogP contribution in [0, 0.1) is 0 Å². The van der Waals surface area contributed by atoms with Gasteiger partial charge in [-0.15, -0.1) is 0 Å². The molecule has 2 N–H and O–H groups in total. The molecule has 0 fully saturated rings. The van der Waals surface area contributed by atoms with E-state index in [1.807, 2.05) is 32.0 Å². The Labute approximate surface area is 111 Å². The molecule has 4 heteroatoms. The second-order valence-corrected chi connectivity index (χ2v) is 5.42. The zero-order valence-electron chi connectivity index (χ0n) is 10.9. The van der Waals surface area contributed by atoms with E-state index in [0.29, 0.717) is 5.56 Å². The Kier molecular flexibility index (Phi) is 2.42. The Morgan fingerprint density at radius 1 is 1.32 bits per heavy atom. The zero-order valence-corrected chi connectivity index (χ0v) is 10.9. The second kappa shape index (κ2) is 3.88. The molecular weight excluding hydrogens is 242 g/mol. The SMILES string of the molecule is CC1(C)Cc2cccc(-c3c[nH]cc3C(=O)O)c2O1. The molecule has 0 spiro atoms. The molecule has 0 saturated heterocycles. The van der Waals surface area contributed by atoms with Gasteiger partial charge in [-0.25, -0.2) is 4.79 Å². The average molecular weight is 257 g/mol. The molecule has 0 atom stereocenters. The fourth-order valence-corrected chi connectivity index (χ4v) is 2.59. The van der Waals surface area contributed by atoms with Gasteiger partial charge < -0.3 is 14.8 Å². The number of hydrogen-bond donors (Lipinski definition) is 2. The van der Waals surface area contributed by atoms with E-state index in [9.17, 15) is 9.90 Å². The van der Waals surface area contributed by atoms with Crippen LogP contribution in [0.4, 0.5) is 0 Å². The van der Waals surface area contributed by atoms with Crippen LogP contribution >= 0.6 is 0 Å². The second-order valence-electron chi connectivity index (χ2n) is 5.42. The molecule has 1 aliphatic heterocycles. The van der Waals surface area contributed by atoms with Gasteiger partial charge in [0.1, 0.15) is 11.4 Å². The first-order valence-electron chi connectivity index (χ1n) is 6.19. The van der Waals surface area contributed by atoms with Crippen molar-refractivity contribution in [2.45, 2.75) is 25.9 Å². The maximum absolute atomic E-state index is 11.2. The smallest absolute Gasteiger partial charge is 0.337 e. The number of ether oxygens (including phenoxy) is 1. The number of H-pyrrole nitrogens is 1. The van der Waals surface area contributed by atoms with Crippen LogP contribution < -0.4 is 4.74 Å². The van der Waals surface area contributed by atoms with Crippen LogP contribution in [0.5, 0.6) is 5.75 Å². The first-order chi connectivity index (χ1) is 8.98. The highest BCUT2D eigenvalue weighted by Crippen LogP contribution is 2.42. The number of carbonyl (C=O) groups is 1. The maximum atomic E-state index is 11.2. The summed E-state index contributed by atoms with van der Waals surface area (Å²) in [6.45, 7) is 4.07. The zero-order chi connectivity index (χ0) is 13.6. The number of rotatable bonds is 2. The first-order valence-corrected chi connectivity index (χ1v) is 6.19. The molecule has 2 heterocycles. The van der Waals surface area contributed by atoms with Gasteiger partial charge in [0.2, 0.25) is 0 Å². The van der Waals surface area contributed by atoms with E-state index >= 15 is 0 Å². The number of aromatic carboxylic acids is 1. The van der Waals surface area contributed by atoms with Crippen molar-refractivity contribution in [3.63, 3.8) is 0 Å². The highest BCUT2D eigenvalue weighted by molar-refractivity contribution is 5.97. The number of nitrogens with one attached hydrogen (secondary N) is 1. The monoisotopic (exact) mass is 257 g/mol. The topological polar surface area (TPSA) is 62.3 Å². The van der Waals surface area contributed by atoms with Crippen LogP contribution in [-0.2, 0) is 6.42 Å². The lowest BCUT2D eigenvalue weighted by Gasteiger charge is -2.18. The summed E-state index contributed by atoms with van der Waals surface area (Å²) in [5.41, 5.74) is 2.66. The summed E-state index contributed by atoms with van der Waals surface area (Å²) >= 11 is 0. The van der Waals surface area contributed by atoms with E-state index in [1.165, 1.54) is 6.20 Å². The van der Waals surface area contributed by atoms with Crippen LogP contribution in [0.25, 0.3) is 11.1 Å². The summed E-state index contributed by atoms with van der Waals surface area (Å²) < 4.78 is 5.98. The molecular formula is C15H15NO3. The number of aromatic amines is 1. The molecule has 0 unspecified atom stereocenters. The van der Waals surface area contributed by atoms with Crippen molar-refractivity contribution in [1.29, 1.82) is 0 Å². The van der Waals surface area contributed by atoms with E-state index in [4.69, 9.17) is 4.74 Å². The van der Waals surface area contributed by atoms with Gasteiger partial charge in [0, 0.05) is 29.9 Å². The Bertz CT molecular complexity index is 655. The van der Waals surface area contributed by atoms with Crippen LogP contribution in [0.1, 0.15) is 29.8 Å². The van der Waals surface area contributed by atoms with Crippen molar-refractivity contribution in [1.82, 2.24) is 4.98 Å². The number of fused-ring (bicyclic) bond motifs is 1. The Morgan fingerprint density at radius 2 is 2.11 bits per heavy atom. The number of aromatic nitrogens is 1. The molecule has 0 radical (unpaired) electrons. The normalized spacial score (nSPS) is 15.9. The predicted molar refractivity (Wildman–Crippen MR) is 71.6 cm³/mol. The molecule has 0 amide bonds. The minimum Gasteiger partial charge on any atom is -0.487 e. The Balaban J connectivity index is 2.16. The molecule has 0 aliphatic carbocycles. The van der Waals surface area contributed by atoms with Gasteiger partial charge in [-0.05, 0) is 19.4 Å². The summed E-state index contributed by atoms with van der Waals surface area (Å²) in [4.78, 5) is 14.1. The standard InChI is InChI=1S/C15H15NO3/c1-15(2)6-9-4-3-5-10(13(9)19-15)11-7-16-8-12(11)14(17)18/h3-5,7-8,16H,6H2,1-2H3,(H,17,18). The lowest BCUT2D eigenvalue weighted by atomic mass is 9.97. The number of hydrogen-bond acceptors (Lipinski definition) is 2.